The Bertz CT molecular complexity index is 642. The SMILES string of the molecule is CN1C(=O)C[C@@H](C(=O)Nc2ccsc2)[C@H]1c1cccnc1. The van der Waals surface area contributed by atoms with Crippen LogP contribution in [0.4, 0.5) is 5.69 Å². The molecule has 2 amide bonds. The van der Waals surface area contributed by atoms with Crippen LogP contribution in [0.3, 0.4) is 0 Å². The number of aromatic nitrogens is 1. The molecule has 0 radical (unpaired) electrons. The van der Waals surface area contributed by atoms with E-state index in [2.05, 4.69) is 10.3 Å². The quantitative estimate of drug-likeness (QED) is 0.946. The number of thiophene rings is 1. The maximum Gasteiger partial charge on any atom is 0.230 e. The Kier molecular flexibility index (Phi) is 3.70. The molecule has 6 heteroatoms. The van der Waals surface area contributed by atoms with Gasteiger partial charge in [-0.05, 0) is 23.1 Å². The zero-order chi connectivity index (χ0) is 14.8. The largest absolute Gasteiger partial charge is 0.338 e. The first-order chi connectivity index (χ1) is 10.2. The van der Waals surface area contributed by atoms with E-state index in [1.807, 2.05) is 29.0 Å². The number of carbonyl (C=O) groups excluding carboxylic acids is 2. The third kappa shape index (κ3) is 2.67. The average Bonchev–Trinajstić information content (AvgIpc) is 3.09. The van der Waals surface area contributed by atoms with Gasteiger partial charge in [0.05, 0.1) is 17.6 Å². The topological polar surface area (TPSA) is 62.3 Å². The molecule has 1 aliphatic heterocycles. The highest BCUT2D eigenvalue weighted by atomic mass is 32.1. The number of carbonyl (C=O) groups is 2. The number of pyridine rings is 1. The van der Waals surface area contributed by atoms with Gasteiger partial charge in [-0.2, -0.15) is 11.3 Å². The Morgan fingerprint density at radius 1 is 1.48 bits per heavy atom. The zero-order valence-electron chi connectivity index (χ0n) is 11.5. The van der Waals surface area contributed by atoms with Gasteiger partial charge in [-0.1, -0.05) is 6.07 Å². The Labute approximate surface area is 126 Å². The highest BCUT2D eigenvalue weighted by molar-refractivity contribution is 7.08. The van der Waals surface area contributed by atoms with Gasteiger partial charge in [0.25, 0.3) is 0 Å². The fourth-order valence-corrected chi connectivity index (χ4v) is 3.27. The summed E-state index contributed by atoms with van der Waals surface area (Å²) >= 11 is 1.52. The second-order valence-electron chi connectivity index (χ2n) is 5.05. The van der Waals surface area contributed by atoms with Gasteiger partial charge in [0.15, 0.2) is 0 Å². The van der Waals surface area contributed by atoms with Crippen LogP contribution in [0.5, 0.6) is 0 Å². The van der Waals surface area contributed by atoms with Crippen molar-refractivity contribution in [1.82, 2.24) is 9.88 Å². The average molecular weight is 301 g/mol. The second kappa shape index (κ2) is 5.65. The first-order valence-electron chi connectivity index (χ1n) is 6.65. The normalized spacial score (nSPS) is 21.6. The number of hydrogen-bond acceptors (Lipinski definition) is 4. The van der Waals surface area contributed by atoms with Crippen LogP contribution in [0.2, 0.25) is 0 Å². The minimum absolute atomic E-state index is 0.0191. The van der Waals surface area contributed by atoms with Gasteiger partial charge in [-0.25, -0.2) is 0 Å². The predicted octanol–water partition coefficient (Wildman–Crippen LogP) is 2.30. The van der Waals surface area contributed by atoms with E-state index in [-0.39, 0.29) is 24.3 Å². The molecule has 0 spiro atoms. The molecular formula is C15H15N3O2S. The number of nitrogens with zero attached hydrogens (tertiary/aromatic N) is 2. The van der Waals surface area contributed by atoms with Crippen LogP contribution >= 0.6 is 11.3 Å². The predicted molar refractivity (Wildman–Crippen MR) is 80.8 cm³/mol. The van der Waals surface area contributed by atoms with Crippen LogP contribution in [0.15, 0.2) is 41.4 Å². The van der Waals surface area contributed by atoms with Crippen molar-refractivity contribution in [2.24, 2.45) is 5.92 Å². The Morgan fingerprint density at radius 3 is 3.00 bits per heavy atom. The van der Waals surface area contributed by atoms with E-state index in [1.54, 1.807) is 24.3 Å². The molecule has 2 aromatic heterocycles. The van der Waals surface area contributed by atoms with Crippen LogP contribution in [-0.4, -0.2) is 28.7 Å². The maximum atomic E-state index is 12.5. The maximum absolute atomic E-state index is 12.5. The van der Waals surface area contributed by atoms with Crippen molar-refractivity contribution < 1.29 is 9.59 Å². The molecule has 1 N–H and O–H groups in total. The summed E-state index contributed by atoms with van der Waals surface area (Å²) in [5, 5.41) is 6.65. The highest BCUT2D eigenvalue weighted by Gasteiger charge is 2.42. The molecule has 1 aliphatic rings. The summed E-state index contributed by atoms with van der Waals surface area (Å²) in [6.07, 6.45) is 3.62. The number of rotatable bonds is 3. The third-order valence-corrected chi connectivity index (χ3v) is 4.42. The number of nitrogens with one attached hydrogen (secondary N) is 1. The van der Waals surface area contributed by atoms with Gasteiger partial charge in [-0.3, -0.25) is 14.6 Å². The van der Waals surface area contributed by atoms with Gasteiger partial charge in [0.2, 0.25) is 11.8 Å². The molecular weight excluding hydrogens is 286 g/mol. The van der Waals surface area contributed by atoms with Crippen molar-refractivity contribution in [2.45, 2.75) is 12.5 Å². The first-order valence-corrected chi connectivity index (χ1v) is 7.60. The van der Waals surface area contributed by atoms with Crippen molar-refractivity contribution in [3.8, 4) is 0 Å². The number of amides is 2. The minimum Gasteiger partial charge on any atom is -0.338 e. The van der Waals surface area contributed by atoms with Crippen LogP contribution < -0.4 is 5.32 Å². The first kappa shape index (κ1) is 13.8. The van der Waals surface area contributed by atoms with Crippen LogP contribution in [0.1, 0.15) is 18.0 Å². The van der Waals surface area contributed by atoms with E-state index in [0.717, 1.165) is 11.3 Å². The van der Waals surface area contributed by atoms with Gasteiger partial charge in [0, 0.05) is 31.2 Å². The standard InChI is InChI=1S/C15H15N3O2S/c1-18-13(19)7-12(14(18)10-3-2-5-16-8-10)15(20)17-11-4-6-21-9-11/h2-6,8-9,12,14H,7H2,1H3,(H,17,20)/t12-,14-/m1/s1. The monoisotopic (exact) mass is 301 g/mol. The van der Waals surface area contributed by atoms with Crippen molar-refractivity contribution in [2.75, 3.05) is 12.4 Å². The van der Waals surface area contributed by atoms with Crippen molar-refractivity contribution in [3.05, 3.63) is 46.9 Å². The van der Waals surface area contributed by atoms with Gasteiger partial charge in [0.1, 0.15) is 0 Å². The van der Waals surface area contributed by atoms with E-state index in [9.17, 15) is 9.59 Å². The van der Waals surface area contributed by atoms with E-state index >= 15 is 0 Å². The molecule has 108 valence electrons. The molecule has 3 rings (SSSR count). The summed E-state index contributed by atoms with van der Waals surface area (Å²) < 4.78 is 0. The van der Waals surface area contributed by atoms with Gasteiger partial charge < -0.3 is 10.2 Å². The van der Waals surface area contributed by atoms with E-state index in [1.165, 1.54) is 11.3 Å². The molecule has 3 heterocycles. The van der Waals surface area contributed by atoms with Crippen LogP contribution in [0.25, 0.3) is 0 Å². The molecule has 0 aliphatic carbocycles. The summed E-state index contributed by atoms with van der Waals surface area (Å²) in [6, 6.07) is 5.31. The molecule has 0 unspecified atom stereocenters. The third-order valence-electron chi connectivity index (χ3n) is 3.74. The fourth-order valence-electron chi connectivity index (χ4n) is 2.68. The van der Waals surface area contributed by atoms with Gasteiger partial charge >= 0.3 is 0 Å². The van der Waals surface area contributed by atoms with E-state index in [0.29, 0.717) is 0 Å². The molecule has 0 bridgehead atoms. The Hall–Kier alpha value is -2.21. The lowest BCUT2D eigenvalue weighted by molar-refractivity contribution is -0.127. The van der Waals surface area contributed by atoms with Crippen LogP contribution in [0, 0.1) is 5.92 Å². The summed E-state index contributed by atoms with van der Waals surface area (Å²) in [7, 11) is 1.73. The summed E-state index contributed by atoms with van der Waals surface area (Å²) in [5.74, 6) is -0.541. The lowest BCUT2D eigenvalue weighted by Gasteiger charge is -2.24. The molecule has 1 saturated heterocycles. The molecule has 21 heavy (non-hydrogen) atoms. The number of likely N-dealkylation sites (tertiary alicyclic amines) is 1. The second-order valence-corrected chi connectivity index (χ2v) is 5.83. The molecule has 2 atom stereocenters. The van der Waals surface area contributed by atoms with Crippen molar-refractivity contribution >= 4 is 28.8 Å². The highest BCUT2D eigenvalue weighted by Crippen LogP contribution is 2.37. The lowest BCUT2D eigenvalue weighted by atomic mass is 9.94. The smallest absolute Gasteiger partial charge is 0.230 e. The summed E-state index contributed by atoms with van der Waals surface area (Å²) in [5.41, 5.74) is 1.66. The lowest BCUT2D eigenvalue weighted by Crippen LogP contribution is -2.30. The Balaban J connectivity index is 1.85. The van der Waals surface area contributed by atoms with Crippen molar-refractivity contribution in [3.63, 3.8) is 0 Å². The molecule has 5 nitrogen and oxygen atoms in total. The minimum atomic E-state index is -0.397. The number of anilines is 1. The van der Waals surface area contributed by atoms with Gasteiger partial charge in [-0.15, -0.1) is 0 Å². The summed E-state index contributed by atoms with van der Waals surface area (Å²) in [6.45, 7) is 0. The molecule has 0 saturated carbocycles. The fraction of sp³-hybridized carbons (Fsp3) is 0.267. The van der Waals surface area contributed by atoms with E-state index in [4.69, 9.17) is 0 Å². The molecule has 2 aromatic rings. The molecule has 1 fully saturated rings. The van der Waals surface area contributed by atoms with Crippen LogP contribution in [-0.2, 0) is 9.59 Å². The van der Waals surface area contributed by atoms with Crippen molar-refractivity contribution in [1.29, 1.82) is 0 Å². The zero-order valence-corrected chi connectivity index (χ0v) is 12.3. The van der Waals surface area contributed by atoms with E-state index < -0.39 is 5.92 Å². The summed E-state index contributed by atoms with van der Waals surface area (Å²) in [4.78, 5) is 30.2. The Morgan fingerprint density at radius 2 is 2.33 bits per heavy atom. The number of hydrogen-bond donors (Lipinski definition) is 1. The molecule has 0 aromatic carbocycles.